The predicted molar refractivity (Wildman–Crippen MR) is 91.2 cm³/mol. The number of nitrogens with zero attached hydrogens (tertiary/aromatic N) is 4. The van der Waals surface area contributed by atoms with Crippen LogP contribution in [0.3, 0.4) is 0 Å². The summed E-state index contributed by atoms with van der Waals surface area (Å²) in [5, 5.41) is 2.90. The molecule has 4 atom stereocenters. The highest BCUT2D eigenvalue weighted by Crippen LogP contribution is 2.44. The average molecular weight is 383 g/mol. The van der Waals surface area contributed by atoms with Crippen molar-refractivity contribution in [3.63, 3.8) is 0 Å². The van der Waals surface area contributed by atoms with Gasteiger partial charge in [-0.05, 0) is 20.8 Å². The number of aromatic nitrogens is 4. The summed E-state index contributed by atoms with van der Waals surface area (Å²) in [4.78, 5) is 24.8. The zero-order chi connectivity index (χ0) is 18.6. The first kappa shape index (κ1) is 17.4. The van der Waals surface area contributed by atoms with Gasteiger partial charge in [0.15, 0.2) is 28.9 Å². The molecule has 4 rings (SSSR count). The molecule has 2 aromatic rings. The average Bonchev–Trinajstić information content (AvgIpc) is 3.18. The van der Waals surface area contributed by atoms with E-state index in [9.17, 15) is 4.79 Å². The highest BCUT2D eigenvalue weighted by Gasteiger charge is 2.58. The highest BCUT2D eigenvalue weighted by molar-refractivity contribution is 6.33. The van der Waals surface area contributed by atoms with Crippen molar-refractivity contribution in [3.05, 3.63) is 11.5 Å². The summed E-state index contributed by atoms with van der Waals surface area (Å²) in [5.74, 6) is -1.09. The Morgan fingerprint density at radius 3 is 2.85 bits per heavy atom. The third-order valence-corrected chi connectivity index (χ3v) is 4.57. The molecule has 2 aliphatic rings. The maximum absolute atomic E-state index is 12.4. The molecule has 11 heteroatoms. The van der Waals surface area contributed by atoms with Crippen molar-refractivity contribution in [1.82, 2.24) is 24.8 Å². The Balaban J connectivity index is 1.76. The summed E-state index contributed by atoms with van der Waals surface area (Å²) in [6.07, 6.45) is -1.07. The number of halogens is 1. The molecule has 2 fully saturated rings. The van der Waals surface area contributed by atoms with Crippen LogP contribution in [-0.4, -0.2) is 56.1 Å². The molecule has 3 N–H and O–H groups in total. The van der Waals surface area contributed by atoms with Gasteiger partial charge in [0.1, 0.15) is 17.7 Å². The van der Waals surface area contributed by atoms with E-state index in [2.05, 4.69) is 20.3 Å². The molecule has 4 heterocycles. The van der Waals surface area contributed by atoms with Gasteiger partial charge in [0.2, 0.25) is 5.95 Å². The molecule has 2 aromatic heterocycles. The number of carbonyl (C=O) groups excluding carboxylic acids is 1. The number of amides is 1. The largest absolute Gasteiger partial charge is 0.368 e. The third kappa shape index (κ3) is 2.69. The molecule has 0 aromatic carbocycles. The van der Waals surface area contributed by atoms with Gasteiger partial charge >= 0.3 is 0 Å². The number of hydrogen-bond acceptors (Lipinski definition) is 8. The summed E-state index contributed by atoms with van der Waals surface area (Å²) in [5.41, 5.74) is 6.50. The Hall–Kier alpha value is -2.01. The van der Waals surface area contributed by atoms with Crippen LogP contribution in [0.15, 0.2) is 6.33 Å². The minimum atomic E-state index is -0.843. The molecule has 0 aliphatic carbocycles. The van der Waals surface area contributed by atoms with E-state index in [4.69, 9.17) is 31.5 Å². The summed E-state index contributed by atoms with van der Waals surface area (Å²) < 4.78 is 19.5. The van der Waals surface area contributed by atoms with Crippen LogP contribution in [0.2, 0.25) is 5.15 Å². The van der Waals surface area contributed by atoms with Crippen molar-refractivity contribution in [2.24, 2.45) is 0 Å². The van der Waals surface area contributed by atoms with E-state index in [1.54, 1.807) is 18.4 Å². The fourth-order valence-electron chi connectivity index (χ4n) is 3.37. The fourth-order valence-corrected chi connectivity index (χ4v) is 3.59. The second-order valence-electron chi connectivity index (χ2n) is 6.60. The second kappa shape index (κ2) is 6.02. The van der Waals surface area contributed by atoms with E-state index in [1.165, 1.54) is 6.33 Å². The van der Waals surface area contributed by atoms with Crippen LogP contribution in [0.1, 0.15) is 27.0 Å². The third-order valence-electron chi connectivity index (χ3n) is 4.31. The molecule has 0 radical (unpaired) electrons. The summed E-state index contributed by atoms with van der Waals surface area (Å²) >= 11 is 6.09. The highest BCUT2D eigenvalue weighted by atomic mass is 35.5. The lowest BCUT2D eigenvalue weighted by atomic mass is 10.1. The number of rotatable bonds is 3. The molecule has 0 spiro atoms. The standard InChI is InChI=1S/C15H19ClN6O4/c1-4-18-12(23)8-7-9(26-15(2,3)25-7)13(24-8)22-5-19-6-10(16)20-14(17)21-11(6)22/h5,7-9,13H,4H2,1-3H3,(H,18,23)(H2,17,20,21)/t7-,8+,9-,13-/m1/s1. The van der Waals surface area contributed by atoms with Gasteiger partial charge in [0, 0.05) is 6.54 Å². The zero-order valence-corrected chi connectivity index (χ0v) is 15.2. The molecular weight excluding hydrogens is 364 g/mol. The number of fused-ring (bicyclic) bond motifs is 2. The minimum Gasteiger partial charge on any atom is -0.368 e. The Bertz CT molecular complexity index is 871. The van der Waals surface area contributed by atoms with Crippen LogP contribution in [0.5, 0.6) is 0 Å². The van der Waals surface area contributed by atoms with Gasteiger partial charge < -0.3 is 25.3 Å². The van der Waals surface area contributed by atoms with E-state index in [0.717, 1.165) is 0 Å². The summed E-state index contributed by atoms with van der Waals surface area (Å²) in [6, 6.07) is 0. The van der Waals surface area contributed by atoms with Gasteiger partial charge in [-0.1, -0.05) is 11.6 Å². The van der Waals surface area contributed by atoms with Crippen molar-refractivity contribution < 1.29 is 19.0 Å². The van der Waals surface area contributed by atoms with Gasteiger partial charge in [-0.2, -0.15) is 9.97 Å². The molecule has 140 valence electrons. The van der Waals surface area contributed by atoms with Crippen molar-refractivity contribution in [3.8, 4) is 0 Å². The number of carbonyl (C=O) groups is 1. The quantitative estimate of drug-likeness (QED) is 0.739. The lowest BCUT2D eigenvalue weighted by Crippen LogP contribution is -2.42. The van der Waals surface area contributed by atoms with Crippen LogP contribution in [-0.2, 0) is 19.0 Å². The molecule has 0 saturated carbocycles. The number of likely N-dealkylation sites (N-methyl/N-ethyl adjacent to an activating group) is 1. The molecular formula is C15H19ClN6O4. The maximum Gasteiger partial charge on any atom is 0.252 e. The Labute approximate surface area is 154 Å². The maximum atomic E-state index is 12.4. The second-order valence-corrected chi connectivity index (χ2v) is 6.96. The first-order chi connectivity index (χ1) is 12.3. The lowest BCUT2D eigenvalue weighted by molar-refractivity contribution is -0.197. The number of imidazole rings is 1. The molecule has 1 amide bonds. The molecule has 0 unspecified atom stereocenters. The number of ether oxygens (including phenoxy) is 3. The number of anilines is 1. The number of hydrogen-bond donors (Lipinski definition) is 2. The van der Waals surface area contributed by atoms with E-state index in [-0.39, 0.29) is 17.0 Å². The van der Waals surface area contributed by atoms with Crippen molar-refractivity contribution in [2.75, 3.05) is 12.3 Å². The summed E-state index contributed by atoms with van der Waals surface area (Å²) in [7, 11) is 0. The summed E-state index contributed by atoms with van der Waals surface area (Å²) in [6.45, 7) is 5.90. The van der Waals surface area contributed by atoms with Crippen LogP contribution in [0.4, 0.5) is 5.95 Å². The topological polar surface area (TPSA) is 126 Å². The van der Waals surface area contributed by atoms with Gasteiger partial charge in [-0.15, -0.1) is 0 Å². The van der Waals surface area contributed by atoms with E-state index in [1.807, 2.05) is 6.92 Å². The molecule has 26 heavy (non-hydrogen) atoms. The Kier molecular flexibility index (Phi) is 4.03. The Morgan fingerprint density at radius 2 is 2.12 bits per heavy atom. The number of nitrogens with two attached hydrogens (primary N) is 1. The number of nitrogens with one attached hydrogen (secondary N) is 1. The predicted octanol–water partition coefficient (Wildman–Crippen LogP) is 0.615. The van der Waals surface area contributed by atoms with E-state index < -0.39 is 30.3 Å². The molecule has 10 nitrogen and oxygen atoms in total. The Morgan fingerprint density at radius 1 is 1.38 bits per heavy atom. The lowest BCUT2D eigenvalue weighted by Gasteiger charge is -2.24. The van der Waals surface area contributed by atoms with E-state index >= 15 is 0 Å². The monoisotopic (exact) mass is 382 g/mol. The fraction of sp³-hybridized carbons (Fsp3) is 0.600. The van der Waals surface area contributed by atoms with Crippen LogP contribution in [0, 0.1) is 0 Å². The van der Waals surface area contributed by atoms with Crippen molar-refractivity contribution in [2.45, 2.75) is 51.1 Å². The first-order valence-electron chi connectivity index (χ1n) is 8.25. The van der Waals surface area contributed by atoms with Crippen molar-refractivity contribution >= 4 is 34.6 Å². The van der Waals surface area contributed by atoms with Crippen LogP contribution >= 0.6 is 11.6 Å². The van der Waals surface area contributed by atoms with Crippen LogP contribution < -0.4 is 11.1 Å². The van der Waals surface area contributed by atoms with Gasteiger partial charge in [0.25, 0.3) is 5.91 Å². The smallest absolute Gasteiger partial charge is 0.252 e. The van der Waals surface area contributed by atoms with Gasteiger partial charge in [0.05, 0.1) is 6.33 Å². The zero-order valence-electron chi connectivity index (χ0n) is 14.5. The SMILES string of the molecule is CCNC(=O)[C@H]1O[C@@H](n2cnc3c(Cl)nc(N)nc32)[C@@H]2OC(C)(C)O[C@@H]21. The van der Waals surface area contributed by atoms with Crippen LogP contribution in [0.25, 0.3) is 11.2 Å². The normalized spacial score (nSPS) is 29.8. The minimum absolute atomic E-state index is 0.0167. The molecule has 0 bridgehead atoms. The first-order valence-corrected chi connectivity index (χ1v) is 8.63. The molecule has 2 saturated heterocycles. The van der Waals surface area contributed by atoms with Crippen molar-refractivity contribution in [1.29, 1.82) is 0 Å². The van der Waals surface area contributed by atoms with Gasteiger partial charge in [-0.25, -0.2) is 4.98 Å². The number of nitrogen functional groups attached to an aromatic ring is 1. The molecule has 2 aliphatic heterocycles. The van der Waals surface area contributed by atoms with Gasteiger partial charge in [-0.3, -0.25) is 9.36 Å². The van der Waals surface area contributed by atoms with E-state index in [0.29, 0.717) is 17.7 Å².